The number of nitrogens with zero attached hydrogens (tertiary/aromatic N) is 1. The molecule has 0 bridgehead atoms. The third-order valence-electron chi connectivity index (χ3n) is 3.56. The predicted molar refractivity (Wildman–Crippen MR) is 90.2 cm³/mol. The van der Waals surface area contributed by atoms with Crippen molar-refractivity contribution in [3.8, 4) is 0 Å². The molecule has 1 unspecified atom stereocenters. The highest BCUT2D eigenvalue weighted by atomic mass is 32.2. The maximum Gasteiger partial charge on any atom is 0.243 e. The zero-order valence-electron chi connectivity index (χ0n) is 13.6. The summed E-state index contributed by atoms with van der Waals surface area (Å²) >= 11 is 1.51. The van der Waals surface area contributed by atoms with Crippen LogP contribution in [0.15, 0.2) is 16.3 Å². The first kappa shape index (κ1) is 18.6. The fourth-order valence-corrected chi connectivity index (χ4v) is 4.80. The molecule has 0 aliphatic rings. The van der Waals surface area contributed by atoms with Gasteiger partial charge in [-0.25, -0.2) is 8.42 Å². The Labute approximate surface area is 133 Å². The van der Waals surface area contributed by atoms with Crippen molar-refractivity contribution < 1.29 is 8.42 Å². The zero-order chi connectivity index (χ0) is 15.9. The van der Waals surface area contributed by atoms with Crippen LogP contribution < -0.4 is 5.32 Å². The van der Waals surface area contributed by atoms with Crippen molar-refractivity contribution in [2.75, 3.05) is 19.6 Å². The molecule has 0 amide bonds. The lowest BCUT2D eigenvalue weighted by Crippen LogP contribution is -2.34. The molecule has 0 aliphatic heterocycles. The average Bonchev–Trinajstić information content (AvgIpc) is 2.94. The summed E-state index contributed by atoms with van der Waals surface area (Å²) in [6, 6.07) is 1.81. The summed E-state index contributed by atoms with van der Waals surface area (Å²) in [5.41, 5.74) is 0. The quantitative estimate of drug-likeness (QED) is 0.669. The van der Waals surface area contributed by atoms with Gasteiger partial charge in [-0.15, -0.1) is 11.3 Å². The van der Waals surface area contributed by atoms with Crippen LogP contribution in [0, 0.1) is 5.92 Å². The standard InChI is InChI=1S/C15H28N2O2S2/c1-5-8-16-10-14-9-15(12-20-14)21(18,19)17(7-3)11-13(4)6-2/h9,12-13,16H,5-8,10-11H2,1-4H3. The van der Waals surface area contributed by atoms with Gasteiger partial charge in [0.05, 0.1) is 4.90 Å². The van der Waals surface area contributed by atoms with Crippen molar-refractivity contribution in [1.82, 2.24) is 9.62 Å². The van der Waals surface area contributed by atoms with Crippen LogP contribution in [-0.2, 0) is 16.6 Å². The molecule has 1 heterocycles. The van der Waals surface area contributed by atoms with Gasteiger partial charge in [-0.2, -0.15) is 4.31 Å². The van der Waals surface area contributed by atoms with Crippen molar-refractivity contribution in [3.05, 3.63) is 16.3 Å². The lowest BCUT2D eigenvalue weighted by molar-refractivity contribution is 0.361. The second kappa shape index (κ2) is 8.88. The molecule has 1 atom stereocenters. The van der Waals surface area contributed by atoms with Gasteiger partial charge in [-0.05, 0) is 24.9 Å². The molecule has 0 spiro atoms. The molecule has 4 nitrogen and oxygen atoms in total. The van der Waals surface area contributed by atoms with Crippen LogP contribution in [0.25, 0.3) is 0 Å². The molecular weight excluding hydrogens is 304 g/mol. The summed E-state index contributed by atoms with van der Waals surface area (Å²) in [5, 5.41) is 5.06. The van der Waals surface area contributed by atoms with Crippen LogP contribution in [-0.4, -0.2) is 32.4 Å². The van der Waals surface area contributed by atoms with Crippen LogP contribution in [0.3, 0.4) is 0 Å². The molecule has 1 aromatic rings. The van der Waals surface area contributed by atoms with Crippen LogP contribution in [0.2, 0.25) is 0 Å². The molecule has 0 radical (unpaired) electrons. The Hall–Kier alpha value is -0.430. The van der Waals surface area contributed by atoms with E-state index in [0.29, 0.717) is 23.9 Å². The molecule has 1 rings (SSSR count). The lowest BCUT2D eigenvalue weighted by Gasteiger charge is -2.22. The molecule has 21 heavy (non-hydrogen) atoms. The minimum atomic E-state index is -3.35. The average molecular weight is 333 g/mol. The first-order valence-electron chi connectivity index (χ1n) is 7.73. The summed E-state index contributed by atoms with van der Waals surface area (Å²) in [7, 11) is -3.35. The van der Waals surface area contributed by atoms with E-state index in [2.05, 4.69) is 26.1 Å². The topological polar surface area (TPSA) is 49.4 Å². The van der Waals surface area contributed by atoms with Gasteiger partial charge in [0.15, 0.2) is 0 Å². The Bertz CT molecular complexity index is 511. The van der Waals surface area contributed by atoms with Gasteiger partial charge in [0.2, 0.25) is 10.0 Å². The van der Waals surface area contributed by atoms with Gasteiger partial charge in [0.25, 0.3) is 0 Å². The van der Waals surface area contributed by atoms with Crippen molar-refractivity contribution in [3.63, 3.8) is 0 Å². The lowest BCUT2D eigenvalue weighted by atomic mass is 10.1. The van der Waals surface area contributed by atoms with E-state index in [9.17, 15) is 8.42 Å². The minimum absolute atomic E-state index is 0.379. The van der Waals surface area contributed by atoms with Crippen molar-refractivity contribution in [2.24, 2.45) is 5.92 Å². The Morgan fingerprint density at radius 1 is 1.33 bits per heavy atom. The first-order valence-corrected chi connectivity index (χ1v) is 10.1. The van der Waals surface area contributed by atoms with E-state index in [-0.39, 0.29) is 0 Å². The summed E-state index contributed by atoms with van der Waals surface area (Å²) in [4.78, 5) is 1.51. The summed E-state index contributed by atoms with van der Waals surface area (Å²) in [5.74, 6) is 0.379. The molecule has 0 saturated heterocycles. The highest BCUT2D eigenvalue weighted by molar-refractivity contribution is 7.89. The van der Waals surface area contributed by atoms with Crippen molar-refractivity contribution in [2.45, 2.75) is 52.0 Å². The highest BCUT2D eigenvalue weighted by Crippen LogP contribution is 2.23. The van der Waals surface area contributed by atoms with Crippen LogP contribution >= 0.6 is 11.3 Å². The molecule has 1 N–H and O–H groups in total. The summed E-state index contributed by atoms with van der Waals surface area (Å²) in [6.45, 7) is 11.0. The fraction of sp³-hybridized carbons (Fsp3) is 0.733. The third kappa shape index (κ3) is 5.36. The van der Waals surface area contributed by atoms with E-state index in [1.807, 2.05) is 13.0 Å². The number of sulfonamides is 1. The van der Waals surface area contributed by atoms with Crippen molar-refractivity contribution in [1.29, 1.82) is 0 Å². The minimum Gasteiger partial charge on any atom is -0.312 e. The third-order valence-corrected chi connectivity index (χ3v) is 6.56. The molecule has 0 aliphatic carbocycles. The Morgan fingerprint density at radius 2 is 2.05 bits per heavy atom. The summed E-state index contributed by atoms with van der Waals surface area (Å²) < 4.78 is 26.9. The Morgan fingerprint density at radius 3 is 2.62 bits per heavy atom. The fourth-order valence-electron chi connectivity index (χ4n) is 2.00. The number of nitrogens with one attached hydrogen (secondary N) is 1. The van der Waals surface area contributed by atoms with E-state index < -0.39 is 10.0 Å². The van der Waals surface area contributed by atoms with Gasteiger partial charge in [0.1, 0.15) is 0 Å². The number of thiophene rings is 1. The largest absolute Gasteiger partial charge is 0.312 e. The Kier molecular flexibility index (Phi) is 7.87. The van der Waals surface area contributed by atoms with E-state index in [0.717, 1.165) is 30.8 Å². The first-order chi connectivity index (χ1) is 9.95. The SMILES string of the molecule is CCCNCc1cc(S(=O)(=O)N(CC)CC(C)CC)cs1. The Balaban J connectivity index is 2.81. The van der Waals surface area contributed by atoms with Crippen LogP contribution in [0.5, 0.6) is 0 Å². The second-order valence-corrected chi connectivity index (χ2v) is 8.33. The molecule has 1 aromatic heterocycles. The maximum absolute atomic E-state index is 12.7. The van der Waals surface area contributed by atoms with E-state index in [1.54, 1.807) is 9.69 Å². The second-order valence-electron chi connectivity index (χ2n) is 5.39. The highest BCUT2D eigenvalue weighted by Gasteiger charge is 2.25. The molecule has 0 fully saturated rings. The normalized spacial score (nSPS) is 13.8. The molecule has 122 valence electrons. The van der Waals surface area contributed by atoms with Gasteiger partial charge in [-0.3, -0.25) is 0 Å². The molecule has 6 heteroatoms. The monoisotopic (exact) mass is 332 g/mol. The van der Waals surface area contributed by atoms with Crippen LogP contribution in [0.4, 0.5) is 0 Å². The van der Waals surface area contributed by atoms with Gasteiger partial charge >= 0.3 is 0 Å². The predicted octanol–water partition coefficient (Wildman–Crippen LogP) is 3.30. The van der Waals surface area contributed by atoms with E-state index >= 15 is 0 Å². The van der Waals surface area contributed by atoms with Gasteiger partial charge in [-0.1, -0.05) is 34.1 Å². The number of hydrogen-bond acceptors (Lipinski definition) is 4. The van der Waals surface area contributed by atoms with E-state index in [4.69, 9.17) is 0 Å². The van der Waals surface area contributed by atoms with Crippen molar-refractivity contribution >= 4 is 21.4 Å². The smallest absolute Gasteiger partial charge is 0.243 e. The van der Waals surface area contributed by atoms with Crippen LogP contribution in [0.1, 0.15) is 45.4 Å². The van der Waals surface area contributed by atoms with E-state index in [1.165, 1.54) is 11.3 Å². The zero-order valence-corrected chi connectivity index (χ0v) is 15.2. The molecular formula is C15H28N2O2S2. The summed E-state index contributed by atoms with van der Waals surface area (Å²) in [6.07, 6.45) is 2.07. The maximum atomic E-state index is 12.7. The van der Waals surface area contributed by atoms with Gasteiger partial charge < -0.3 is 5.32 Å². The molecule has 0 aromatic carbocycles. The number of hydrogen-bond donors (Lipinski definition) is 1. The van der Waals surface area contributed by atoms with Gasteiger partial charge in [0, 0.05) is 29.9 Å². The number of rotatable bonds is 10. The molecule has 0 saturated carbocycles.